The molecule has 1 heterocycles. The first-order valence-electron chi connectivity index (χ1n) is 5.17. The van der Waals surface area contributed by atoms with Gasteiger partial charge < -0.3 is 14.0 Å². The molecule has 0 saturated carbocycles. The number of methoxy groups -OCH3 is 2. The van der Waals surface area contributed by atoms with E-state index in [-0.39, 0.29) is 0 Å². The van der Waals surface area contributed by atoms with E-state index in [1.807, 2.05) is 17.8 Å². The summed E-state index contributed by atoms with van der Waals surface area (Å²) in [4.78, 5) is 4.26. The third-order valence-corrected chi connectivity index (χ3v) is 3.23. The van der Waals surface area contributed by atoms with E-state index in [0.717, 1.165) is 11.4 Å². The van der Waals surface area contributed by atoms with Crippen molar-refractivity contribution >= 4 is 23.2 Å². The van der Waals surface area contributed by atoms with Gasteiger partial charge in [0.2, 0.25) is 0 Å². The lowest BCUT2D eigenvalue weighted by Gasteiger charge is -2.14. The quantitative estimate of drug-likeness (QED) is 0.868. The molecule has 0 fully saturated rings. The van der Waals surface area contributed by atoms with Crippen LogP contribution in [0.3, 0.4) is 0 Å². The third-order valence-electron chi connectivity index (χ3n) is 2.60. The molecule has 0 spiro atoms. The van der Waals surface area contributed by atoms with Crippen molar-refractivity contribution in [2.45, 2.75) is 0 Å². The summed E-state index contributed by atoms with van der Waals surface area (Å²) in [5, 5.41) is 0.756. The van der Waals surface area contributed by atoms with E-state index in [0.29, 0.717) is 21.5 Å². The van der Waals surface area contributed by atoms with E-state index in [4.69, 9.17) is 32.7 Å². The van der Waals surface area contributed by atoms with Crippen molar-refractivity contribution in [3.05, 3.63) is 28.5 Å². The summed E-state index contributed by atoms with van der Waals surface area (Å²) in [6.07, 6.45) is 3.53. The molecule has 0 radical (unpaired) electrons. The zero-order valence-corrected chi connectivity index (χ0v) is 11.7. The first kappa shape index (κ1) is 13.1. The first-order chi connectivity index (χ1) is 8.60. The minimum Gasteiger partial charge on any atom is -0.494 e. The summed E-state index contributed by atoms with van der Waals surface area (Å²) in [5.74, 6) is 1.61. The summed E-state index contributed by atoms with van der Waals surface area (Å²) in [5.41, 5.74) is 0.723. The highest BCUT2D eigenvalue weighted by Crippen LogP contribution is 2.45. The Morgan fingerprint density at radius 1 is 1.17 bits per heavy atom. The highest BCUT2D eigenvalue weighted by Gasteiger charge is 2.20. The molecular formula is C12H12Cl2N2O2. The van der Waals surface area contributed by atoms with E-state index in [2.05, 4.69) is 4.98 Å². The Morgan fingerprint density at radius 3 is 2.33 bits per heavy atom. The maximum Gasteiger partial charge on any atom is 0.159 e. The number of halogens is 2. The van der Waals surface area contributed by atoms with Gasteiger partial charge >= 0.3 is 0 Å². The van der Waals surface area contributed by atoms with E-state index in [1.54, 1.807) is 19.4 Å². The zero-order valence-electron chi connectivity index (χ0n) is 10.2. The van der Waals surface area contributed by atoms with Crippen LogP contribution in [0.4, 0.5) is 0 Å². The minimum atomic E-state index is 0.338. The van der Waals surface area contributed by atoms with Crippen LogP contribution in [-0.4, -0.2) is 23.8 Å². The van der Waals surface area contributed by atoms with Crippen LogP contribution >= 0.6 is 23.2 Å². The van der Waals surface area contributed by atoms with Crippen molar-refractivity contribution in [3.63, 3.8) is 0 Å². The van der Waals surface area contributed by atoms with Crippen molar-refractivity contribution < 1.29 is 9.47 Å². The smallest absolute Gasteiger partial charge is 0.159 e. The van der Waals surface area contributed by atoms with Gasteiger partial charge in [-0.1, -0.05) is 23.2 Å². The molecule has 0 bridgehead atoms. The standard InChI is InChI=1S/C12H12Cl2N2O2/c1-16-5-4-15-12(16)7-6-8(13)11(18-3)9(14)10(7)17-2/h4-6H,1-3H3. The van der Waals surface area contributed by atoms with Gasteiger partial charge in [0.05, 0.1) is 24.8 Å². The molecule has 2 aromatic rings. The van der Waals surface area contributed by atoms with Crippen LogP contribution in [0.25, 0.3) is 11.4 Å². The van der Waals surface area contributed by atoms with Gasteiger partial charge in [0.1, 0.15) is 10.8 Å². The Morgan fingerprint density at radius 2 is 1.83 bits per heavy atom. The number of aryl methyl sites for hydroxylation is 1. The van der Waals surface area contributed by atoms with Crippen LogP contribution in [0.2, 0.25) is 10.0 Å². The second kappa shape index (κ2) is 5.08. The highest BCUT2D eigenvalue weighted by atomic mass is 35.5. The molecule has 0 unspecified atom stereocenters. The second-order valence-corrected chi connectivity index (χ2v) is 4.43. The summed E-state index contributed by atoms with van der Waals surface area (Å²) < 4.78 is 12.3. The van der Waals surface area contributed by atoms with Gasteiger partial charge in [-0.15, -0.1) is 0 Å². The van der Waals surface area contributed by atoms with Gasteiger partial charge in [-0.25, -0.2) is 4.98 Å². The van der Waals surface area contributed by atoms with E-state index >= 15 is 0 Å². The third kappa shape index (κ3) is 2.02. The fraction of sp³-hybridized carbons (Fsp3) is 0.250. The maximum atomic E-state index is 6.22. The van der Waals surface area contributed by atoms with Crippen molar-refractivity contribution in [2.24, 2.45) is 7.05 Å². The van der Waals surface area contributed by atoms with E-state index in [1.165, 1.54) is 7.11 Å². The summed E-state index contributed by atoms with van der Waals surface area (Å²) in [7, 11) is 4.93. The molecule has 0 N–H and O–H groups in total. The van der Waals surface area contributed by atoms with Crippen LogP contribution in [0.15, 0.2) is 18.5 Å². The number of nitrogens with zero attached hydrogens (tertiary/aromatic N) is 2. The number of ether oxygens (including phenoxy) is 2. The Balaban J connectivity index is 2.72. The van der Waals surface area contributed by atoms with Crippen molar-refractivity contribution in [3.8, 4) is 22.9 Å². The lowest BCUT2D eigenvalue weighted by molar-refractivity contribution is 0.395. The van der Waals surface area contributed by atoms with Crippen LogP contribution in [-0.2, 0) is 7.05 Å². The van der Waals surface area contributed by atoms with Gasteiger partial charge in [-0.05, 0) is 6.07 Å². The molecular weight excluding hydrogens is 275 g/mol. The maximum absolute atomic E-state index is 6.22. The lowest BCUT2D eigenvalue weighted by Crippen LogP contribution is -1.98. The molecule has 0 aliphatic carbocycles. The van der Waals surface area contributed by atoms with Gasteiger partial charge in [0.15, 0.2) is 11.5 Å². The van der Waals surface area contributed by atoms with E-state index < -0.39 is 0 Å². The summed E-state index contributed by atoms with van der Waals surface area (Å²) in [6.45, 7) is 0. The van der Waals surface area contributed by atoms with E-state index in [9.17, 15) is 0 Å². The SMILES string of the molecule is COc1c(Cl)cc(-c2nccn2C)c(OC)c1Cl. The number of hydrogen-bond acceptors (Lipinski definition) is 3. The molecule has 1 aromatic heterocycles. The summed E-state index contributed by atoms with van der Waals surface area (Å²) >= 11 is 12.3. The number of rotatable bonds is 3. The molecule has 4 nitrogen and oxygen atoms in total. The Bertz CT molecular complexity index is 582. The molecule has 0 saturated heterocycles. The average Bonchev–Trinajstić information content (AvgIpc) is 2.75. The Kier molecular flexibility index (Phi) is 3.68. The van der Waals surface area contributed by atoms with Crippen molar-refractivity contribution in [1.82, 2.24) is 9.55 Å². The van der Waals surface area contributed by atoms with Gasteiger partial charge in [0, 0.05) is 19.4 Å². The minimum absolute atomic E-state index is 0.338. The second-order valence-electron chi connectivity index (χ2n) is 3.65. The lowest BCUT2D eigenvalue weighted by atomic mass is 10.1. The normalized spacial score (nSPS) is 10.5. The molecule has 0 atom stereocenters. The number of aromatic nitrogens is 2. The number of imidazole rings is 1. The van der Waals surface area contributed by atoms with Crippen LogP contribution in [0, 0.1) is 0 Å². The van der Waals surface area contributed by atoms with Crippen molar-refractivity contribution in [2.75, 3.05) is 14.2 Å². The largest absolute Gasteiger partial charge is 0.494 e. The average molecular weight is 287 g/mol. The monoisotopic (exact) mass is 286 g/mol. The molecule has 2 rings (SSSR count). The Hall–Kier alpha value is -1.39. The molecule has 18 heavy (non-hydrogen) atoms. The van der Waals surface area contributed by atoms with Crippen molar-refractivity contribution in [1.29, 1.82) is 0 Å². The van der Waals surface area contributed by atoms with Crippen LogP contribution in [0.5, 0.6) is 11.5 Å². The van der Waals surface area contributed by atoms with Gasteiger partial charge in [-0.2, -0.15) is 0 Å². The molecule has 0 aliphatic heterocycles. The predicted molar refractivity (Wildman–Crippen MR) is 71.8 cm³/mol. The predicted octanol–water partition coefficient (Wildman–Crippen LogP) is 3.41. The molecule has 0 aliphatic rings. The van der Waals surface area contributed by atoms with Crippen LogP contribution < -0.4 is 9.47 Å². The number of benzene rings is 1. The zero-order chi connectivity index (χ0) is 13.3. The van der Waals surface area contributed by atoms with Crippen LogP contribution in [0.1, 0.15) is 0 Å². The topological polar surface area (TPSA) is 36.3 Å². The fourth-order valence-corrected chi connectivity index (χ4v) is 2.45. The van der Waals surface area contributed by atoms with Gasteiger partial charge in [0.25, 0.3) is 0 Å². The molecule has 6 heteroatoms. The molecule has 1 aromatic carbocycles. The Labute approximate surface area is 115 Å². The number of hydrogen-bond donors (Lipinski definition) is 0. The molecule has 0 amide bonds. The fourth-order valence-electron chi connectivity index (χ4n) is 1.76. The van der Waals surface area contributed by atoms with Gasteiger partial charge in [-0.3, -0.25) is 0 Å². The first-order valence-corrected chi connectivity index (χ1v) is 5.93. The highest BCUT2D eigenvalue weighted by molar-refractivity contribution is 6.38. The summed E-state index contributed by atoms with van der Waals surface area (Å²) in [6, 6.07) is 1.73. The molecule has 96 valence electrons.